The summed E-state index contributed by atoms with van der Waals surface area (Å²) in [4.78, 5) is 0.770. The van der Waals surface area contributed by atoms with Crippen molar-refractivity contribution < 1.29 is 27.3 Å². The Labute approximate surface area is 185 Å². The predicted octanol–water partition coefficient (Wildman–Crippen LogP) is 1.34. The maximum Gasteiger partial charge on any atom is 2.00 e. The molecule has 149 valence electrons. The molecular weight excluding hydrogens is 444 g/mol. The molecule has 0 aliphatic heterocycles. The maximum absolute atomic E-state index is 12.0. The van der Waals surface area contributed by atoms with Crippen molar-refractivity contribution >= 4 is 46.2 Å². The molecule has 0 unspecified atom stereocenters. The zero-order valence-electron chi connectivity index (χ0n) is 15.2. The smallest absolute Gasteiger partial charge is 0.860 e. The minimum absolute atomic E-state index is 0. The SMILES string of the molecule is CN(N=C([O-])CC([O-])=NN(C)C(=S)c1ccccc1)C(=S)c1ccccc1.[Cu+2]. The van der Waals surface area contributed by atoms with Crippen LogP contribution in [0.1, 0.15) is 17.5 Å². The molecule has 0 fully saturated rings. The van der Waals surface area contributed by atoms with Crippen molar-refractivity contribution in [3.63, 3.8) is 0 Å². The van der Waals surface area contributed by atoms with Gasteiger partial charge in [-0.3, -0.25) is 10.0 Å². The van der Waals surface area contributed by atoms with Crippen LogP contribution in [0.4, 0.5) is 0 Å². The zero-order valence-corrected chi connectivity index (χ0v) is 17.8. The molecule has 0 aliphatic rings. The summed E-state index contributed by atoms with van der Waals surface area (Å²) in [5.41, 5.74) is 1.52. The second-order valence-electron chi connectivity index (χ2n) is 5.55. The van der Waals surface area contributed by atoms with Crippen LogP contribution in [-0.4, -0.2) is 45.9 Å². The van der Waals surface area contributed by atoms with Crippen molar-refractivity contribution in [1.82, 2.24) is 10.0 Å². The van der Waals surface area contributed by atoms with Crippen molar-refractivity contribution in [2.75, 3.05) is 14.1 Å². The third kappa shape index (κ3) is 7.01. The van der Waals surface area contributed by atoms with E-state index >= 15 is 0 Å². The van der Waals surface area contributed by atoms with Gasteiger partial charge in [0.25, 0.3) is 0 Å². The van der Waals surface area contributed by atoms with Crippen LogP contribution in [0, 0.1) is 0 Å². The topological polar surface area (TPSA) is 77.3 Å². The second kappa shape index (κ2) is 11.5. The van der Waals surface area contributed by atoms with E-state index in [1.54, 1.807) is 14.1 Å². The van der Waals surface area contributed by atoms with Gasteiger partial charge >= 0.3 is 17.1 Å². The van der Waals surface area contributed by atoms with Gasteiger partial charge in [0.1, 0.15) is 9.98 Å². The second-order valence-corrected chi connectivity index (χ2v) is 6.33. The Hall–Kier alpha value is -2.32. The van der Waals surface area contributed by atoms with E-state index < -0.39 is 18.2 Å². The molecule has 0 aliphatic carbocycles. The van der Waals surface area contributed by atoms with Crippen LogP contribution in [0.25, 0.3) is 0 Å². The molecule has 0 aromatic heterocycles. The van der Waals surface area contributed by atoms with Crippen LogP contribution in [0.15, 0.2) is 70.9 Å². The van der Waals surface area contributed by atoms with Gasteiger partial charge in [-0.05, 0) is 11.8 Å². The number of thiocarbonyl (C=S) groups is 2. The van der Waals surface area contributed by atoms with Crippen LogP contribution in [0.3, 0.4) is 0 Å². The van der Waals surface area contributed by atoms with E-state index in [0.717, 1.165) is 11.1 Å². The van der Waals surface area contributed by atoms with Crippen LogP contribution in [0.5, 0.6) is 0 Å². The minimum atomic E-state index is -0.636. The third-order valence-electron chi connectivity index (χ3n) is 3.45. The van der Waals surface area contributed by atoms with E-state index in [9.17, 15) is 10.2 Å². The maximum atomic E-state index is 12.0. The van der Waals surface area contributed by atoms with E-state index in [2.05, 4.69) is 10.2 Å². The van der Waals surface area contributed by atoms with Crippen molar-refractivity contribution in [2.45, 2.75) is 6.42 Å². The van der Waals surface area contributed by atoms with Gasteiger partial charge in [-0.15, -0.1) is 0 Å². The number of benzene rings is 2. The summed E-state index contributed by atoms with van der Waals surface area (Å²) >= 11 is 10.6. The molecule has 9 heteroatoms. The quantitative estimate of drug-likeness (QED) is 0.212. The molecule has 0 bridgehead atoms. The number of nitrogens with zero attached hydrogens (tertiary/aromatic N) is 4. The van der Waals surface area contributed by atoms with Crippen molar-refractivity contribution in [1.29, 1.82) is 0 Å². The first kappa shape index (κ1) is 23.7. The van der Waals surface area contributed by atoms with Gasteiger partial charge in [0.05, 0.1) is 0 Å². The molecule has 28 heavy (non-hydrogen) atoms. The van der Waals surface area contributed by atoms with E-state index in [-0.39, 0.29) is 17.1 Å². The normalized spacial score (nSPS) is 11.4. The first-order chi connectivity index (χ1) is 12.9. The van der Waals surface area contributed by atoms with Crippen molar-refractivity contribution in [3.8, 4) is 0 Å². The van der Waals surface area contributed by atoms with E-state index in [1.807, 2.05) is 60.7 Å². The Morgan fingerprint density at radius 3 is 1.39 bits per heavy atom. The molecule has 0 spiro atoms. The van der Waals surface area contributed by atoms with Gasteiger partial charge in [0.15, 0.2) is 0 Å². The predicted molar refractivity (Wildman–Crippen MR) is 111 cm³/mol. The zero-order chi connectivity index (χ0) is 19.8. The summed E-state index contributed by atoms with van der Waals surface area (Å²) in [7, 11) is 3.12. The first-order valence-electron chi connectivity index (χ1n) is 8.03. The molecule has 0 heterocycles. The van der Waals surface area contributed by atoms with E-state index in [4.69, 9.17) is 24.4 Å². The molecule has 2 aromatic rings. The van der Waals surface area contributed by atoms with Crippen LogP contribution >= 0.6 is 24.4 Å². The first-order valence-corrected chi connectivity index (χ1v) is 8.85. The van der Waals surface area contributed by atoms with Crippen molar-refractivity contribution in [2.24, 2.45) is 10.2 Å². The van der Waals surface area contributed by atoms with Crippen LogP contribution < -0.4 is 10.2 Å². The molecule has 1 radical (unpaired) electrons. The molecule has 6 nitrogen and oxygen atoms in total. The summed E-state index contributed by atoms with van der Waals surface area (Å²) in [6, 6.07) is 18.4. The van der Waals surface area contributed by atoms with Crippen LogP contribution in [0.2, 0.25) is 0 Å². The number of hydrazone groups is 2. The summed E-state index contributed by atoms with van der Waals surface area (Å²) in [6.45, 7) is 0. The number of hydrogen-bond acceptors (Lipinski definition) is 6. The van der Waals surface area contributed by atoms with Gasteiger partial charge in [-0.25, -0.2) is 0 Å². The molecule has 0 N–H and O–H groups in total. The summed E-state index contributed by atoms with van der Waals surface area (Å²) in [5.74, 6) is -1.27. The molecule has 0 amide bonds. The van der Waals surface area contributed by atoms with Gasteiger partial charge in [0, 0.05) is 31.6 Å². The van der Waals surface area contributed by atoms with Gasteiger partial charge in [-0.1, -0.05) is 85.1 Å². The van der Waals surface area contributed by atoms with Crippen molar-refractivity contribution in [3.05, 3.63) is 71.8 Å². The Morgan fingerprint density at radius 1 is 0.750 bits per heavy atom. The fourth-order valence-corrected chi connectivity index (χ4v) is 2.51. The largest absolute Gasteiger partial charge is 2.00 e. The Morgan fingerprint density at radius 2 is 1.07 bits per heavy atom. The molecule has 0 saturated heterocycles. The fraction of sp³-hybridized carbons (Fsp3) is 0.158. The molecule has 2 rings (SSSR count). The Kier molecular flexibility index (Phi) is 9.75. The monoisotopic (exact) mass is 461 g/mol. The van der Waals surface area contributed by atoms with E-state index in [1.165, 1.54) is 10.0 Å². The number of rotatable bonds is 6. The molecule has 0 saturated carbocycles. The average molecular weight is 462 g/mol. The number of hydrogen-bond donors (Lipinski definition) is 0. The third-order valence-corrected chi connectivity index (χ3v) is 4.45. The fourth-order valence-electron chi connectivity index (χ4n) is 2.16. The van der Waals surface area contributed by atoms with Gasteiger partial charge in [0.2, 0.25) is 0 Å². The summed E-state index contributed by atoms with van der Waals surface area (Å²) in [6.07, 6.45) is -0.469. The van der Waals surface area contributed by atoms with Crippen LogP contribution in [-0.2, 0) is 17.1 Å². The average Bonchev–Trinajstić information content (AvgIpc) is 2.67. The van der Waals surface area contributed by atoms with Gasteiger partial charge < -0.3 is 10.2 Å². The Bertz CT molecular complexity index is 789. The van der Waals surface area contributed by atoms with E-state index in [0.29, 0.717) is 9.98 Å². The standard InChI is InChI=1S/C19H20N4O2S2.Cu/c1-22(18(26)14-9-5-3-6-10-14)20-16(24)13-17(25)21-23(2)19(27)15-11-7-4-8-12-15;/h3-12H,13H2,1-2H3,(H,20,24)(H,21,25);/q;+2/p-2. The molecular formula is C19H18CuN4O2S2. The summed E-state index contributed by atoms with van der Waals surface area (Å²) in [5, 5.41) is 34.2. The molecule has 0 atom stereocenters. The minimum Gasteiger partial charge on any atom is -0.860 e. The Balaban J connectivity index is 0.00000392. The molecule has 2 aromatic carbocycles. The van der Waals surface area contributed by atoms with Gasteiger partial charge in [-0.2, -0.15) is 10.2 Å². The summed E-state index contributed by atoms with van der Waals surface area (Å²) < 4.78 is 0.